The number of aliphatic hydroxyl groups is 2. The zero-order valence-electron chi connectivity index (χ0n) is 14.2. The number of fused-ring (bicyclic) bond motifs is 5. The van der Waals surface area contributed by atoms with Crippen molar-refractivity contribution >= 4 is 5.78 Å². The Kier molecular flexibility index (Phi) is 3.49. The molecule has 4 fully saturated rings. The average molecular weight is 324 g/mol. The van der Waals surface area contributed by atoms with E-state index >= 15 is 0 Å². The molecular formula is C19H29FO3. The summed E-state index contributed by atoms with van der Waals surface area (Å²) in [4.78, 5) is 12.4. The third-order valence-corrected chi connectivity index (χ3v) is 8.35. The van der Waals surface area contributed by atoms with Crippen molar-refractivity contribution in [1.82, 2.24) is 0 Å². The van der Waals surface area contributed by atoms with Crippen LogP contribution in [-0.2, 0) is 4.79 Å². The van der Waals surface area contributed by atoms with E-state index in [1.807, 2.05) is 6.92 Å². The van der Waals surface area contributed by atoms with E-state index in [2.05, 4.69) is 6.92 Å². The van der Waals surface area contributed by atoms with E-state index in [9.17, 15) is 19.4 Å². The molecule has 9 atom stereocenters. The number of alkyl halides is 1. The summed E-state index contributed by atoms with van der Waals surface area (Å²) in [5.74, 6) is 0.530. The number of carbonyl (C=O) groups excluding carboxylic acids is 1. The van der Waals surface area contributed by atoms with Gasteiger partial charge in [0.2, 0.25) is 0 Å². The fourth-order valence-corrected chi connectivity index (χ4v) is 6.95. The quantitative estimate of drug-likeness (QED) is 0.720. The van der Waals surface area contributed by atoms with Crippen molar-refractivity contribution in [3.8, 4) is 0 Å². The van der Waals surface area contributed by atoms with Crippen LogP contribution >= 0.6 is 0 Å². The number of Topliss-reactive ketones (excluding diaryl/α,β-unsaturated/α-hetero) is 1. The second-order valence-electron chi connectivity index (χ2n) is 9.25. The van der Waals surface area contributed by atoms with Gasteiger partial charge in [0.1, 0.15) is 0 Å². The molecule has 2 N–H and O–H groups in total. The molecule has 0 aliphatic heterocycles. The number of ketones is 1. The van der Waals surface area contributed by atoms with Crippen LogP contribution in [0.1, 0.15) is 58.8 Å². The SMILES string of the molecule is C[C@]12CCC(O)CC1CC(O)[C@@H]1[C@H]2CC[C@]2(C)C(=O)C(F)C[C@@H]12. The third kappa shape index (κ3) is 2.03. The van der Waals surface area contributed by atoms with Gasteiger partial charge >= 0.3 is 0 Å². The van der Waals surface area contributed by atoms with Gasteiger partial charge in [-0.2, -0.15) is 0 Å². The predicted octanol–water partition coefficient (Wildman–Crippen LogP) is 2.88. The van der Waals surface area contributed by atoms with Gasteiger partial charge in [0.25, 0.3) is 0 Å². The van der Waals surface area contributed by atoms with E-state index in [-0.39, 0.29) is 29.1 Å². The van der Waals surface area contributed by atoms with E-state index < -0.39 is 17.7 Å². The highest BCUT2D eigenvalue weighted by atomic mass is 19.1. The van der Waals surface area contributed by atoms with Gasteiger partial charge in [0.05, 0.1) is 12.2 Å². The van der Waals surface area contributed by atoms with Crippen molar-refractivity contribution in [2.24, 2.45) is 34.5 Å². The smallest absolute Gasteiger partial charge is 0.173 e. The highest BCUT2D eigenvalue weighted by Crippen LogP contribution is 2.65. The Hall–Kier alpha value is -0.480. The van der Waals surface area contributed by atoms with E-state index in [4.69, 9.17) is 0 Å². The Morgan fingerprint density at radius 1 is 1.04 bits per heavy atom. The van der Waals surface area contributed by atoms with Crippen LogP contribution in [0.2, 0.25) is 0 Å². The summed E-state index contributed by atoms with van der Waals surface area (Å²) >= 11 is 0. The van der Waals surface area contributed by atoms with Crippen LogP contribution in [0.5, 0.6) is 0 Å². The van der Waals surface area contributed by atoms with Crippen molar-refractivity contribution in [2.45, 2.75) is 77.2 Å². The molecular weight excluding hydrogens is 295 g/mol. The molecule has 0 aromatic rings. The molecule has 4 unspecified atom stereocenters. The Balaban J connectivity index is 1.69. The maximum Gasteiger partial charge on any atom is 0.173 e. The van der Waals surface area contributed by atoms with Crippen LogP contribution in [-0.4, -0.2) is 34.4 Å². The second-order valence-corrected chi connectivity index (χ2v) is 9.25. The highest BCUT2D eigenvalue weighted by Gasteiger charge is 2.64. The maximum absolute atomic E-state index is 14.2. The first kappa shape index (κ1) is 16.0. The first-order valence-electron chi connectivity index (χ1n) is 9.32. The van der Waals surface area contributed by atoms with E-state index in [1.54, 1.807) is 0 Å². The minimum Gasteiger partial charge on any atom is -0.393 e. The van der Waals surface area contributed by atoms with Gasteiger partial charge in [0, 0.05) is 5.41 Å². The third-order valence-electron chi connectivity index (χ3n) is 8.35. The van der Waals surface area contributed by atoms with E-state index in [1.165, 1.54) is 0 Å². The van der Waals surface area contributed by atoms with E-state index in [0.29, 0.717) is 24.7 Å². The Morgan fingerprint density at radius 2 is 1.78 bits per heavy atom. The minimum absolute atomic E-state index is 0.0108. The molecule has 0 heterocycles. The fraction of sp³-hybridized carbons (Fsp3) is 0.947. The van der Waals surface area contributed by atoms with Gasteiger partial charge in [-0.15, -0.1) is 0 Å². The predicted molar refractivity (Wildman–Crippen MR) is 84.4 cm³/mol. The zero-order chi connectivity index (χ0) is 16.6. The molecule has 0 spiro atoms. The van der Waals surface area contributed by atoms with Gasteiger partial charge in [-0.1, -0.05) is 13.8 Å². The molecule has 0 aromatic carbocycles. The Morgan fingerprint density at radius 3 is 2.52 bits per heavy atom. The van der Waals surface area contributed by atoms with Crippen LogP contribution in [0.15, 0.2) is 0 Å². The van der Waals surface area contributed by atoms with Crippen molar-refractivity contribution in [3.05, 3.63) is 0 Å². The van der Waals surface area contributed by atoms with Crippen molar-refractivity contribution < 1.29 is 19.4 Å². The first-order chi connectivity index (χ1) is 10.8. The monoisotopic (exact) mass is 324 g/mol. The summed E-state index contributed by atoms with van der Waals surface area (Å²) in [6.45, 7) is 4.25. The number of rotatable bonds is 0. The zero-order valence-corrected chi connectivity index (χ0v) is 14.2. The van der Waals surface area contributed by atoms with Gasteiger partial charge < -0.3 is 10.2 Å². The molecule has 0 amide bonds. The molecule has 0 aromatic heterocycles. The normalized spacial score (nSPS) is 59.2. The second kappa shape index (κ2) is 5.01. The van der Waals surface area contributed by atoms with Crippen molar-refractivity contribution in [3.63, 3.8) is 0 Å². The fourth-order valence-electron chi connectivity index (χ4n) is 6.95. The lowest BCUT2D eigenvalue weighted by molar-refractivity contribution is -0.171. The lowest BCUT2D eigenvalue weighted by atomic mass is 9.44. The summed E-state index contributed by atoms with van der Waals surface area (Å²) in [6, 6.07) is 0. The summed E-state index contributed by atoms with van der Waals surface area (Å²) in [6.07, 6.45) is 3.25. The molecule has 4 rings (SSSR count). The number of hydrogen-bond donors (Lipinski definition) is 2. The van der Waals surface area contributed by atoms with Crippen LogP contribution < -0.4 is 0 Å². The highest BCUT2D eigenvalue weighted by molar-refractivity contribution is 5.91. The number of aliphatic hydroxyl groups excluding tert-OH is 2. The molecule has 4 aliphatic carbocycles. The molecule has 0 bridgehead atoms. The van der Waals surface area contributed by atoms with Gasteiger partial charge in [-0.05, 0) is 74.0 Å². The van der Waals surface area contributed by atoms with E-state index in [0.717, 1.165) is 32.1 Å². The summed E-state index contributed by atoms with van der Waals surface area (Å²) < 4.78 is 14.2. The van der Waals surface area contributed by atoms with Crippen LogP contribution in [0.4, 0.5) is 4.39 Å². The van der Waals surface area contributed by atoms with Crippen LogP contribution in [0, 0.1) is 34.5 Å². The Labute approximate surface area is 137 Å². The largest absolute Gasteiger partial charge is 0.393 e. The van der Waals surface area contributed by atoms with Crippen molar-refractivity contribution in [1.29, 1.82) is 0 Å². The summed E-state index contributed by atoms with van der Waals surface area (Å²) in [5, 5.41) is 20.9. The molecule has 4 aliphatic rings. The topological polar surface area (TPSA) is 57.5 Å². The summed E-state index contributed by atoms with van der Waals surface area (Å²) in [5.41, 5.74) is -0.444. The molecule has 23 heavy (non-hydrogen) atoms. The summed E-state index contributed by atoms with van der Waals surface area (Å²) in [7, 11) is 0. The molecule has 0 radical (unpaired) electrons. The Bertz CT molecular complexity index is 523. The van der Waals surface area contributed by atoms with Crippen LogP contribution in [0.25, 0.3) is 0 Å². The number of carbonyl (C=O) groups is 1. The van der Waals surface area contributed by atoms with Gasteiger partial charge in [-0.25, -0.2) is 4.39 Å². The number of hydrogen-bond acceptors (Lipinski definition) is 3. The average Bonchev–Trinajstić information content (AvgIpc) is 2.73. The molecule has 0 saturated heterocycles. The lowest BCUT2D eigenvalue weighted by Crippen LogP contribution is -2.58. The van der Waals surface area contributed by atoms with Crippen molar-refractivity contribution in [2.75, 3.05) is 0 Å². The van der Waals surface area contributed by atoms with Gasteiger partial charge in [-0.3, -0.25) is 4.79 Å². The molecule has 130 valence electrons. The first-order valence-corrected chi connectivity index (χ1v) is 9.32. The molecule has 4 heteroatoms. The minimum atomic E-state index is -1.34. The maximum atomic E-state index is 14.2. The number of halogens is 1. The molecule has 3 nitrogen and oxygen atoms in total. The molecule has 4 saturated carbocycles. The van der Waals surface area contributed by atoms with Gasteiger partial charge in [0.15, 0.2) is 12.0 Å². The lowest BCUT2D eigenvalue weighted by Gasteiger charge is -2.61. The standard InChI is InChI=1S/C19H29FO3/c1-18-5-3-11(21)7-10(18)8-15(22)16-12(18)4-6-19(2)13(16)9-14(20)17(19)23/h10-16,21-22H,3-9H2,1-2H3/t10?,11?,12-,13+,14?,15?,16-,18+,19+/m1/s1. The van der Waals surface area contributed by atoms with Crippen LogP contribution in [0.3, 0.4) is 0 Å².